The molecule has 3 heteroatoms. The smallest absolute Gasteiger partial charge is 0.127 e. The average Bonchev–Trinajstić information content (AvgIpc) is 3.52. The first kappa shape index (κ1) is 15.8. The molecule has 2 aliphatic rings. The summed E-state index contributed by atoms with van der Waals surface area (Å²) in [4.78, 5) is 0. The third-order valence-electron chi connectivity index (χ3n) is 5.49. The zero-order valence-corrected chi connectivity index (χ0v) is 14.0. The topological polar surface area (TPSA) is 24.1 Å². The summed E-state index contributed by atoms with van der Waals surface area (Å²) in [5, 5.41) is 7.21. The van der Waals surface area contributed by atoms with Crippen molar-refractivity contribution in [3.05, 3.63) is 71.5 Å². The Hall–Kier alpha value is -1.71. The fraction of sp³-hybridized carbons (Fsp3) is 0.429. The molecule has 0 saturated heterocycles. The molecule has 2 aromatic rings. The summed E-state index contributed by atoms with van der Waals surface area (Å²) < 4.78 is 13.6. The van der Waals surface area contributed by atoms with Crippen molar-refractivity contribution < 1.29 is 4.39 Å². The highest BCUT2D eigenvalue weighted by molar-refractivity contribution is 5.27. The van der Waals surface area contributed by atoms with Crippen molar-refractivity contribution >= 4 is 0 Å². The highest BCUT2D eigenvalue weighted by atomic mass is 19.1. The predicted octanol–water partition coefficient (Wildman–Crippen LogP) is 3.84. The second-order valence-electron chi connectivity index (χ2n) is 7.44. The lowest BCUT2D eigenvalue weighted by atomic mass is 10.1. The maximum atomic E-state index is 13.6. The minimum atomic E-state index is -0.114. The molecular weight excluding hydrogens is 299 g/mol. The lowest BCUT2D eigenvalue weighted by molar-refractivity contribution is 0.417. The van der Waals surface area contributed by atoms with Crippen LogP contribution in [0.4, 0.5) is 4.39 Å². The lowest BCUT2D eigenvalue weighted by Crippen LogP contribution is -2.34. The number of halogens is 1. The van der Waals surface area contributed by atoms with Crippen molar-refractivity contribution in [2.24, 2.45) is 5.41 Å². The largest absolute Gasteiger partial charge is 0.313 e. The van der Waals surface area contributed by atoms with Crippen LogP contribution >= 0.6 is 0 Å². The zero-order valence-electron chi connectivity index (χ0n) is 14.0. The van der Waals surface area contributed by atoms with Crippen LogP contribution in [0.2, 0.25) is 0 Å². The SMILES string of the molecule is Fc1ccccc1CNCC1(CN[C@H]2CC2c2ccccc2)CC1. The molecule has 2 atom stereocenters. The fourth-order valence-corrected chi connectivity index (χ4v) is 3.53. The Balaban J connectivity index is 1.21. The van der Waals surface area contributed by atoms with Crippen molar-refractivity contribution in [2.75, 3.05) is 13.1 Å². The van der Waals surface area contributed by atoms with Crippen LogP contribution in [0.3, 0.4) is 0 Å². The first-order valence-electron chi connectivity index (χ1n) is 8.98. The van der Waals surface area contributed by atoms with Gasteiger partial charge in [-0.05, 0) is 36.3 Å². The second-order valence-corrected chi connectivity index (χ2v) is 7.44. The molecule has 24 heavy (non-hydrogen) atoms. The van der Waals surface area contributed by atoms with Crippen LogP contribution in [0.25, 0.3) is 0 Å². The van der Waals surface area contributed by atoms with E-state index in [2.05, 4.69) is 41.0 Å². The minimum Gasteiger partial charge on any atom is -0.313 e. The maximum absolute atomic E-state index is 13.6. The zero-order chi connectivity index (χ0) is 16.4. The van der Waals surface area contributed by atoms with Gasteiger partial charge in [-0.25, -0.2) is 4.39 Å². The van der Waals surface area contributed by atoms with Gasteiger partial charge in [-0.15, -0.1) is 0 Å². The second kappa shape index (κ2) is 6.66. The van der Waals surface area contributed by atoms with Gasteiger partial charge in [0.2, 0.25) is 0 Å². The van der Waals surface area contributed by atoms with Crippen LogP contribution in [-0.4, -0.2) is 19.1 Å². The van der Waals surface area contributed by atoms with E-state index in [1.54, 1.807) is 6.07 Å². The summed E-state index contributed by atoms with van der Waals surface area (Å²) in [7, 11) is 0. The van der Waals surface area contributed by atoms with Gasteiger partial charge in [0.05, 0.1) is 0 Å². The van der Waals surface area contributed by atoms with Gasteiger partial charge >= 0.3 is 0 Å². The molecule has 0 radical (unpaired) electrons. The monoisotopic (exact) mass is 324 g/mol. The molecule has 0 aromatic heterocycles. The van der Waals surface area contributed by atoms with Crippen molar-refractivity contribution in [1.82, 2.24) is 10.6 Å². The molecule has 2 saturated carbocycles. The van der Waals surface area contributed by atoms with E-state index in [0.29, 0.717) is 23.9 Å². The van der Waals surface area contributed by atoms with Crippen molar-refractivity contribution in [3.63, 3.8) is 0 Å². The molecular formula is C21H25FN2. The summed E-state index contributed by atoms with van der Waals surface area (Å²) in [6, 6.07) is 18.4. The van der Waals surface area contributed by atoms with Crippen molar-refractivity contribution in [1.29, 1.82) is 0 Å². The van der Waals surface area contributed by atoms with Crippen LogP contribution in [0.15, 0.2) is 54.6 Å². The molecule has 2 aliphatic carbocycles. The summed E-state index contributed by atoms with van der Waals surface area (Å²) in [5.74, 6) is 0.574. The molecule has 126 valence electrons. The summed E-state index contributed by atoms with van der Waals surface area (Å²) in [5.41, 5.74) is 2.60. The third kappa shape index (κ3) is 3.68. The van der Waals surface area contributed by atoms with Crippen molar-refractivity contribution in [2.45, 2.75) is 37.8 Å². The average molecular weight is 324 g/mol. The predicted molar refractivity (Wildman–Crippen MR) is 95.4 cm³/mol. The fourth-order valence-electron chi connectivity index (χ4n) is 3.53. The number of benzene rings is 2. The first-order valence-corrected chi connectivity index (χ1v) is 8.98. The molecule has 2 fully saturated rings. The molecule has 2 N–H and O–H groups in total. The molecule has 2 nitrogen and oxygen atoms in total. The third-order valence-corrected chi connectivity index (χ3v) is 5.49. The van der Waals surface area contributed by atoms with Gasteiger partial charge in [0, 0.05) is 37.2 Å². The van der Waals surface area contributed by atoms with E-state index in [4.69, 9.17) is 0 Å². The van der Waals surface area contributed by atoms with Gasteiger partial charge in [-0.1, -0.05) is 48.5 Å². The lowest BCUT2D eigenvalue weighted by Gasteiger charge is -2.17. The first-order chi connectivity index (χ1) is 11.8. The Bertz CT molecular complexity index is 681. The van der Waals surface area contributed by atoms with E-state index in [1.807, 2.05) is 12.1 Å². The Morgan fingerprint density at radius 2 is 1.71 bits per heavy atom. The van der Waals surface area contributed by atoms with Crippen molar-refractivity contribution in [3.8, 4) is 0 Å². The number of hydrogen-bond acceptors (Lipinski definition) is 2. The van der Waals surface area contributed by atoms with Gasteiger partial charge in [-0.2, -0.15) is 0 Å². The Kier molecular flexibility index (Phi) is 4.38. The normalized spacial score (nSPS) is 23.9. The molecule has 0 spiro atoms. The molecule has 1 unspecified atom stereocenters. The molecule has 0 amide bonds. The van der Waals surface area contributed by atoms with Gasteiger partial charge in [0.15, 0.2) is 0 Å². The molecule has 2 aromatic carbocycles. The number of nitrogens with one attached hydrogen (secondary N) is 2. The summed E-state index contributed by atoms with van der Waals surface area (Å²) in [6.45, 7) is 2.66. The van der Waals surface area contributed by atoms with E-state index in [-0.39, 0.29) is 5.82 Å². The number of rotatable bonds is 8. The van der Waals surface area contributed by atoms with Gasteiger partial charge < -0.3 is 10.6 Å². The van der Waals surface area contributed by atoms with Gasteiger partial charge in [0.25, 0.3) is 0 Å². The number of hydrogen-bond donors (Lipinski definition) is 2. The molecule has 0 bridgehead atoms. The molecule has 4 rings (SSSR count). The summed E-state index contributed by atoms with van der Waals surface area (Å²) >= 11 is 0. The Labute approximate surface area is 143 Å². The van der Waals surface area contributed by atoms with Gasteiger partial charge in [-0.3, -0.25) is 0 Å². The standard InChI is InChI=1S/C21H25FN2/c22-19-9-5-4-8-17(19)13-23-14-21(10-11-21)15-24-20-12-18(20)16-6-2-1-3-7-16/h1-9,18,20,23-24H,10-15H2/t18?,20-/m0/s1. The maximum Gasteiger partial charge on any atom is 0.127 e. The Morgan fingerprint density at radius 3 is 2.46 bits per heavy atom. The minimum absolute atomic E-state index is 0.114. The highest BCUT2D eigenvalue weighted by Crippen LogP contribution is 2.46. The van der Waals surface area contributed by atoms with E-state index in [0.717, 1.165) is 18.7 Å². The van der Waals surface area contributed by atoms with Crippen LogP contribution in [-0.2, 0) is 6.54 Å². The Morgan fingerprint density at radius 1 is 0.958 bits per heavy atom. The van der Waals surface area contributed by atoms with Gasteiger partial charge in [0.1, 0.15) is 5.82 Å². The highest BCUT2D eigenvalue weighted by Gasteiger charge is 2.45. The molecule has 0 heterocycles. The van der Waals surface area contributed by atoms with Crippen LogP contribution in [0, 0.1) is 11.2 Å². The van der Waals surface area contributed by atoms with E-state index >= 15 is 0 Å². The van der Waals surface area contributed by atoms with Crippen LogP contribution in [0.5, 0.6) is 0 Å². The molecule has 0 aliphatic heterocycles. The summed E-state index contributed by atoms with van der Waals surface area (Å²) in [6.07, 6.45) is 3.79. The van der Waals surface area contributed by atoms with Crippen LogP contribution in [0.1, 0.15) is 36.3 Å². The van der Waals surface area contributed by atoms with E-state index in [1.165, 1.54) is 30.9 Å². The quantitative estimate of drug-likeness (QED) is 0.771. The van der Waals surface area contributed by atoms with Crippen LogP contribution < -0.4 is 10.6 Å². The van der Waals surface area contributed by atoms with E-state index in [9.17, 15) is 4.39 Å². The van der Waals surface area contributed by atoms with E-state index < -0.39 is 0 Å².